The molecule has 0 bridgehead atoms. The molecule has 0 N–H and O–H groups in total. The van der Waals surface area contributed by atoms with E-state index in [0.29, 0.717) is 41.0 Å². The summed E-state index contributed by atoms with van der Waals surface area (Å²) >= 11 is 0. The molecule has 0 saturated heterocycles. The average molecular weight is 400 g/mol. The summed E-state index contributed by atoms with van der Waals surface area (Å²) in [5.74, 6) is 1.98. The number of aryl methyl sites for hydroxylation is 1. The summed E-state index contributed by atoms with van der Waals surface area (Å²) < 4.78 is 30.8. The van der Waals surface area contributed by atoms with Crippen molar-refractivity contribution in [2.24, 2.45) is 0 Å². The lowest BCUT2D eigenvalue weighted by atomic mass is 9.86. The van der Waals surface area contributed by atoms with E-state index < -0.39 is 0 Å². The highest BCUT2D eigenvalue weighted by Gasteiger charge is 2.42. The molecule has 2 aliphatic rings. The molecule has 4 rings (SSSR count). The second kappa shape index (κ2) is 7.67. The summed E-state index contributed by atoms with van der Waals surface area (Å²) in [5, 5.41) is 0. The highest BCUT2D eigenvalue weighted by molar-refractivity contribution is 5.80. The number of carbonyl (C=O) groups is 1. The van der Waals surface area contributed by atoms with Gasteiger partial charge in [0.1, 0.15) is 17.6 Å². The molecule has 0 saturated carbocycles. The van der Waals surface area contributed by atoms with Crippen LogP contribution in [-0.4, -0.2) is 44.8 Å². The summed E-state index contributed by atoms with van der Waals surface area (Å²) in [6.45, 7) is 1.12. The molecule has 0 fully saturated rings. The molecule has 0 spiro atoms. The van der Waals surface area contributed by atoms with E-state index in [2.05, 4.69) is 14.1 Å². The van der Waals surface area contributed by atoms with E-state index in [1.165, 1.54) is 17.7 Å². The molecule has 1 unspecified atom stereocenters. The Balaban J connectivity index is 1.58. The number of ether oxygens (including phenoxy) is 3. The molecule has 2 aromatic rings. The fourth-order valence-corrected chi connectivity index (χ4v) is 4.37. The van der Waals surface area contributed by atoms with Gasteiger partial charge in [0, 0.05) is 12.8 Å². The Bertz CT molecular complexity index is 923. The first-order chi connectivity index (χ1) is 13.9. The molecular weight excluding hydrogens is 373 g/mol. The molecule has 0 aromatic heterocycles. The van der Waals surface area contributed by atoms with Crippen molar-refractivity contribution in [3.63, 3.8) is 0 Å². The lowest BCUT2D eigenvalue weighted by molar-refractivity contribution is -0.922. The average Bonchev–Trinajstić information content (AvgIpc) is 3.16. The van der Waals surface area contributed by atoms with Crippen LogP contribution in [0.3, 0.4) is 0 Å². The van der Waals surface area contributed by atoms with Gasteiger partial charge in [-0.05, 0) is 35.7 Å². The first-order valence-electron chi connectivity index (χ1n) is 9.97. The summed E-state index contributed by atoms with van der Waals surface area (Å²) in [7, 11) is 5.95. The smallest absolute Gasteiger partial charge is 0.231 e. The minimum Gasteiger partial charge on any atom is -0.492 e. The zero-order valence-electron chi connectivity index (χ0n) is 17.2. The largest absolute Gasteiger partial charge is 0.492 e. The Labute approximate surface area is 170 Å². The number of likely N-dealkylation sites (N-methyl/N-ethyl adjacent to an activating group) is 1. The number of benzene rings is 2. The monoisotopic (exact) mass is 400 g/mol. The van der Waals surface area contributed by atoms with Gasteiger partial charge in [-0.1, -0.05) is 12.1 Å². The van der Waals surface area contributed by atoms with Gasteiger partial charge in [0.2, 0.25) is 12.5 Å². The van der Waals surface area contributed by atoms with E-state index >= 15 is 0 Å². The van der Waals surface area contributed by atoms with E-state index in [0.717, 1.165) is 24.1 Å². The molecule has 6 heteroatoms. The zero-order chi connectivity index (χ0) is 20.6. The highest BCUT2D eigenvalue weighted by atomic mass is 19.1. The van der Waals surface area contributed by atoms with Crippen LogP contribution in [0, 0.1) is 5.82 Å². The van der Waals surface area contributed by atoms with Gasteiger partial charge in [-0.3, -0.25) is 4.79 Å². The van der Waals surface area contributed by atoms with Crippen molar-refractivity contribution < 1.29 is 27.9 Å². The number of hydrogen-bond donors (Lipinski definition) is 0. The molecule has 29 heavy (non-hydrogen) atoms. The van der Waals surface area contributed by atoms with Crippen molar-refractivity contribution in [1.82, 2.24) is 0 Å². The van der Waals surface area contributed by atoms with Crippen LogP contribution in [0.25, 0.3) is 0 Å². The summed E-state index contributed by atoms with van der Waals surface area (Å²) in [4.78, 5) is 12.9. The Morgan fingerprint density at radius 1 is 1.24 bits per heavy atom. The Morgan fingerprint density at radius 3 is 2.72 bits per heavy atom. The van der Waals surface area contributed by atoms with E-state index in [-0.39, 0.29) is 24.4 Å². The van der Waals surface area contributed by atoms with Gasteiger partial charge in [-0.2, -0.15) is 0 Å². The van der Waals surface area contributed by atoms with Gasteiger partial charge in [-0.25, -0.2) is 4.39 Å². The third kappa shape index (κ3) is 3.81. The van der Waals surface area contributed by atoms with Crippen molar-refractivity contribution in [2.75, 3.05) is 34.5 Å². The SMILES string of the molecule is COc1c2c(cc3c1C(CC(=O)CCc1ccc(F)cc1)[N+](C)(C)CC3)OCO2. The standard InChI is InChI=1S/C23H27FNO4/c1-25(2)11-10-16-12-20-22(29-14-28-20)23(27-3)21(16)19(25)13-18(26)9-6-15-4-7-17(24)8-5-15/h4-5,7-8,12,19H,6,9-11,13-14H2,1-3H3/q+1. The fourth-order valence-electron chi connectivity index (χ4n) is 4.37. The lowest BCUT2D eigenvalue weighted by Gasteiger charge is -2.43. The number of Topliss-reactive ketones (excluding diaryl/α,β-unsaturated/α-hetero) is 1. The van der Waals surface area contributed by atoms with Crippen LogP contribution >= 0.6 is 0 Å². The maximum absolute atomic E-state index is 13.1. The molecule has 1 atom stereocenters. The number of fused-ring (bicyclic) bond motifs is 2. The van der Waals surface area contributed by atoms with Crippen LogP contribution in [-0.2, 0) is 17.6 Å². The summed E-state index contributed by atoms with van der Waals surface area (Å²) in [6, 6.07) is 8.37. The highest BCUT2D eigenvalue weighted by Crippen LogP contribution is 2.51. The van der Waals surface area contributed by atoms with Crippen molar-refractivity contribution in [3.05, 3.63) is 52.8 Å². The van der Waals surface area contributed by atoms with Crippen molar-refractivity contribution in [2.45, 2.75) is 31.7 Å². The van der Waals surface area contributed by atoms with Crippen LogP contribution < -0.4 is 14.2 Å². The molecule has 2 aromatic carbocycles. The predicted molar refractivity (Wildman–Crippen MR) is 107 cm³/mol. The van der Waals surface area contributed by atoms with Crippen LogP contribution in [0.4, 0.5) is 4.39 Å². The zero-order valence-corrected chi connectivity index (χ0v) is 17.2. The molecule has 2 aliphatic heterocycles. The summed E-state index contributed by atoms with van der Waals surface area (Å²) in [5.41, 5.74) is 3.20. The van der Waals surface area contributed by atoms with Gasteiger partial charge in [-0.15, -0.1) is 0 Å². The van der Waals surface area contributed by atoms with Gasteiger partial charge in [0.15, 0.2) is 11.5 Å². The first-order valence-corrected chi connectivity index (χ1v) is 9.97. The maximum atomic E-state index is 13.1. The molecular formula is C23H27FNO4+. The second-order valence-corrected chi connectivity index (χ2v) is 8.35. The Hall–Kier alpha value is -2.60. The normalized spacial score (nSPS) is 19.0. The number of quaternary nitrogens is 1. The quantitative estimate of drug-likeness (QED) is 0.692. The van der Waals surface area contributed by atoms with E-state index in [9.17, 15) is 9.18 Å². The summed E-state index contributed by atoms with van der Waals surface area (Å²) in [6.07, 6.45) is 2.38. The lowest BCUT2D eigenvalue weighted by Crippen LogP contribution is -2.48. The first kappa shape index (κ1) is 19.7. The van der Waals surface area contributed by atoms with Crippen LogP contribution in [0.15, 0.2) is 30.3 Å². The Kier molecular flexibility index (Phi) is 5.21. The van der Waals surface area contributed by atoms with Gasteiger partial charge in [0.25, 0.3) is 0 Å². The van der Waals surface area contributed by atoms with Gasteiger partial charge in [0.05, 0.1) is 39.7 Å². The molecule has 154 valence electrons. The van der Waals surface area contributed by atoms with Gasteiger partial charge < -0.3 is 18.7 Å². The van der Waals surface area contributed by atoms with Crippen molar-refractivity contribution >= 4 is 5.78 Å². The minimum absolute atomic E-state index is 0.0103. The maximum Gasteiger partial charge on any atom is 0.231 e. The number of hydrogen-bond acceptors (Lipinski definition) is 4. The molecule has 2 heterocycles. The number of rotatable bonds is 6. The van der Waals surface area contributed by atoms with E-state index in [1.54, 1.807) is 19.2 Å². The number of ketones is 1. The van der Waals surface area contributed by atoms with E-state index in [1.807, 2.05) is 6.07 Å². The van der Waals surface area contributed by atoms with Crippen molar-refractivity contribution in [3.8, 4) is 17.2 Å². The number of methoxy groups -OCH3 is 1. The topological polar surface area (TPSA) is 44.8 Å². The van der Waals surface area contributed by atoms with Crippen LogP contribution in [0.5, 0.6) is 17.2 Å². The Morgan fingerprint density at radius 2 is 2.00 bits per heavy atom. The third-order valence-corrected chi connectivity index (χ3v) is 6.11. The fraction of sp³-hybridized carbons (Fsp3) is 0.435. The molecule has 0 radical (unpaired) electrons. The second-order valence-electron chi connectivity index (χ2n) is 8.35. The van der Waals surface area contributed by atoms with Crippen molar-refractivity contribution in [1.29, 1.82) is 0 Å². The number of nitrogens with zero attached hydrogens (tertiary/aromatic N) is 1. The molecule has 0 amide bonds. The van der Waals surface area contributed by atoms with Crippen LogP contribution in [0.2, 0.25) is 0 Å². The minimum atomic E-state index is -0.260. The number of carbonyl (C=O) groups excluding carboxylic acids is 1. The molecule has 0 aliphatic carbocycles. The number of halogens is 1. The third-order valence-electron chi connectivity index (χ3n) is 6.11. The van der Waals surface area contributed by atoms with Crippen LogP contribution in [0.1, 0.15) is 35.6 Å². The van der Waals surface area contributed by atoms with E-state index in [4.69, 9.17) is 14.2 Å². The molecule has 5 nitrogen and oxygen atoms in total. The van der Waals surface area contributed by atoms with Gasteiger partial charge >= 0.3 is 0 Å². The predicted octanol–water partition coefficient (Wildman–Crippen LogP) is 3.83.